The molecule has 0 aromatic carbocycles. The van der Waals surface area contributed by atoms with Crippen molar-refractivity contribution in [3.63, 3.8) is 0 Å². The molecule has 0 spiro atoms. The molecule has 0 atom stereocenters. The zero-order chi connectivity index (χ0) is 12.8. The summed E-state index contributed by atoms with van der Waals surface area (Å²) < 4.78 is 0. The van der Waals surface area contributed by atoms with Crippen molar-refractivity contribution in [1.82, 2.24) is 10.3 Å². The number of amides is 1. The molecule has 0 bridgehead atoms. The second-order valence-corrected chi connectivity index (χ2v) is 4.72. The maximum atomic E-state index is 11.8. The smallest absolute Gasteiger partial charge is 0.244 e. The van der Waals surface area contributed by atoms with E-state index < -0.39 is 5.54 Å². The van der Waals surface area contributed by atoms with Crippen LogP contribution in [-0.2, 0) is 4.79 Å². The van der Waals surface area contributed by atoms with Crippen LogP contribution in [-0.4, -0.2) is 28.1 Å². The Morgan fingerprint density at radius 2 is 2.22 bits per heavy atom. The van der Waals surface area contributed by atoms with Crippen molar-refractivity contribution in [2.45, 2.75) is 31.2 Å². The molecule has 2 rings (SSSR count). The number of nitrogens with one attached hydrogen (secondary N) is 1. The number of aliphatic hydroxyl groups is 1. The Labute approximate surface area is 107 Å². The summed E-state index contributed by atoms with van der Waals surface area (Å²) in [5.41, 5.74) is 0.336. The van der Waals surface area contributed by atoms with Crippen molar-refractivity contribution in [2.24, 2.45) is 0 Å². The van der Waals surface area contributed by atoms with Gasteiger partial charge in [-0.25, -0.2) is 0 Å². The summed E-state index contributed by atoms with van der Waals surface area (Å²) in [5.74, 6) is -0.170. The van der Waals surface area contributed by atoms with Crippen molar-refractivity contribution in [2.75, 3.05) is 6.61 Å². The molecule has 2 N–H and O–H groups in total. The molecular weight excluding hydrogens is 228 g/mol. The maximum absolute atomic E-state index is 11.8. The highest BCUT2D eigenvalue weighted by atomic mass is 16.3. The van der Waals surface area contributed by atoms with E-state index >= 15 is 0 Å². The molecule has 1 aliphatic carbocycles. The van der Waals surface area contributed by atoms with Gasteiger partial charge in [0.15, 0.2) is 0 Å². The van der Waals surface area contributed by atoms with Gasteiger partial charge >= 0.3 is 0 Å². The van der Waals surface area contributed by atoms with E-state index in [1.807, 2.05) is 18.2 Å². The molecule has 1 saturated carbocycles. The van der Waals surface area contributed by atoms with Crippen LogP contribution in [0.5, 0.6) is 0 Å². The number of hydrogen-bond donors (Lipinski definition) is 2. The fourth-order valence-electron chi connectivity index (χ4n) is 2.31. The Morgan fingerprint density at radius 1 is 1.44 bits per heavy atom. The Morgan fingerprint density at radius 3 is 2.83 bits per heavy atom. The summed E-state index contributed by atoms with van der Waals surface area (Å²) in [4.78, 5) is 15.9. The van der Waals surface area contributed by atoms with E-state index in [0.717, 1.165) is 31.4 Å². The Bertz CT molecular complexity index is 423. The van der Waals surface area contributed by atoms with Crippen LogP contribution in [0.25, 0.3) is 6.08 Å². The lowest BCUT2D eigenvalue weighted by atomic mass is 9.99. The summed E-state index contributed by atoms with van der Waals surface area (Å²) in [6.45, 7) is 0.0101. The number of nitrogens with zero attached hydrogens (tertiary/aromatic N) is 1. The van der Waals surface area contributed by atoms with Crippen molar-refractivity contribution in [3.8, 4) is 0 Å². The molecule has 1 aromatic heterocycles. The highest BCUT2D eigenvalue weighted by molar-refractivity contribution is 5.92. The molecular formula is C14H18N2O2. The first kappa shape index (κ1) is 12.8. The summed E-state index contributed by atoms with van der Waals surface area (Å²) >= 11 is 0. The summed E-state index contributed by atoms with van der Waals surface area (Å²) in [6.07, 6.45) is 8.66. The Hall–Kier alpha value is -1.68. The van der Waals surface area contributed by atoms with Crippen LogP contribution in [0.2, 0.25) is 0 Å². The van der Waals surface area contributed by atoms with Crippen molar-refractivity contribution >= 4 is 12.0 Å². The van der Waals surface area contributed by atoms with Crippen molar-refractivity contribution in [3.05, 3.63) is 36.2 Å². The first-order valence-electron chi connectivity index (χ1n) is 6.26. The number of aliphatic hydroxyl groups excluding tert-OH is 1. The third-order valence-electron chi connectivity index (χ3n) is 3.34. The van der Waals surface area contributed by atoms with Gasteiger partial charge in [0.25, 0.3) is 0 Å². The first-order valence-corrected chi connectivity index (χ1v) is 6.26. The van der Waals surface area contributed by atoms with Gasteiger partial charge in [-0.15, -0.1) is 0 Å². The minimum atomic E-state index is -0.411. The number of carbonyl (C=O) groups excluding carboxylic acids is 1. The molecule has 0 saturated heterocycles. The molecule has 1 amide bonds. The van der Waals surface area contributed by atoms with Gasteiger partial charge in [-0.1, -0.05) is 18.9 Å². The molecule has 0 radical (unpaired) electrons. The van der Waals surface area contributed by atoms with E-state index in [0.29, 0.717) is 0 Å². The molecule has 18 heavy (non-hydrogen) atoms. The lowest BCUT2D eigenvalue weighted by Gasteiger charge is -2.27. The maximum Gasteiger partial charge on any atom is 0.244 e. The van der Waals surface area contributed by atoms with Crippen LogP contribution in [0.1, 0.15) is 31.4 Å². The molecule has 0 unspecified atom stereocenters. The van der Waals surface area contributed by atoms with Crippen molar-refractivity contribution < 1.29 is 9.90 Å². The average molecular weight is 246 g/mol. The third kappa shape index (κ3) is 3.17. The number of carbonyl (C=O) groups is 1. The van der Waals surface area contributed by atoms with Crippen LogP contribution in [0.4, 0.5) is 0 Å². The second-order valence-electron chi connectivity index (χ2n) is 4.72. The van der Waals surface area contributed by atoms with E-state index in [9.17, 15) is 9.90 Å². The van der Waals surface area contributed by atoms with Crippen LogP contribution in [0, 0.1) is 0 Å². The minimum absolute atomic E-state index is 0.0101. The third-order valence-corrected chi connectivity index (χ3v) is 3.34. The lowest BCUT2D eigenvalue weighted by Crippen LogP contribution is -2.48. The molecule has 1 fully saturated rings. The number of rotatable bonds is 4. The summed E-state index contributed by atoms with van der Waals surface area (Å²) in [7, 11) is 0. The van der Waals surface area contributed by atoms with Gasteiger partial charge in [0.1, 0.15) is 0 Å². The predicted octanol–water partition coefficient (Wildman–Crippen LogP) is 1.52. The fourth-order valence-corrected chi connectivity index (χ4v) is 2.31. The van der Waals surface area contributed by atoms with Crippen LogP contribution < -0.4 is 5.32 Å². The summed E-state index contributed by atoms with van der Waals surface area (Å²) in [5, 5.41) is 12.3. The number of pyridine rings is 1. The lowest BCUT2D eigenvalue weighted by molar-refractivity contribution is -0.118. The minimum Gasteiger partial charge on any atom is -0.394 e. The molecule has 1 aromatic rings. The second kappa shape index (κ2) is 5.78. The monoisotopic (exact) mass is 246 g/mol. The van der Waals surface area contributed by atoms with E-state index in [2.05, 4.69) is 10.3 Å². The van der Waals surface area contributed by atoms with Gasteiger partial charge in [-0.2, -0.15) is 0 Å². The zero-order valence-electron chi connectivity index (χ0n) is 10.3. The summed E-state index contributed by atoms with van der Waals surface area (Å²) in [6, 6.07) is 5.54. The molecule has 1 aliphatic rings. The van der Waals surface area contributed by atoms with Gasteiger partial charge < -0.3 is 10.4 Å². The molecule has 0 aliphatic heterocycles. The SMILES string of the molecule is O=C(/C=C/c1ccccn1)NC1(CO)CCCC1. The molecule has 96 valence electrons. The average Bonchev–Trinajstić information content (AvgIpc) is 2.87. The van der Waals surface area contributed by atoms with E-state index in [1.165, 1.54) is 6.08 Å². The van der Waals surface area contributed by atoms with E-state index in [1.54, 1.807) is 12.3 Å². The largest absolute Gasteiger partial charge is 0.394 e. The van der Waals surface area contributed by atoms with Gasteiger partial charge in [0.2, 0.25) is 5.91 Å². The van der Waals surface area contributed by atoms with Crippen molar-refractivity contribution in [1.29, 1.82) is 0 Å². The highest BCUT2D eigenvalue weighted by Crippen LogP contribution is 2.28. The Kier molecular flexibility index (Phi) is 4.10. The standard InChI is InChI=1S/C14H18N2O2/c17-11-14(8-2-3-9-14)16-13(18)7-6-12-5-1-4-10-15-12/h1,4-7,10,17H,2-3,8-9,11H2,(H,16,18)/b7-6+. The molecule has 4 nitrogen and oxygen atoms in total. The normalized spacial score (nSPS) is 18.1. The molecule has 1 heterocycles. The zero-order valence-corrected chi connectivity index (χ0v) is 10.3. The van der Waals surface area contributed by atoms with Gasteiger partial charge in [-0.3, -0.25) is 9.78 Å². The quantitative estimate of drug-likeness (QED) is 0.792. The van der Waals surface area contributed by atoms with Gasteiger partial charge in [-0.05, 0) is 31.1 Å². The number of aromatic nitrogens is 1. The fraction of sp³-hybridized carbons (Fsp3) is 0.429. The Balaban J connectivity index is 1.94. The highest BCUT2D eigenvalue weighted by Gasteiger charge is 2.33. The van der Waals surface area contributed by atoms with Gasteiger partial charge in [0, 0.05) is 12.3 Å². The van der Waals surface area contributed by atoms with Crippen LogP contribution in [0.3, 0.4) is 0 Å². The van der Waals surface area contributed by atoms with E-state index in [4.69, 9.17) is 0 Å². The van der Waals surface area contributed by atoms with E-state index in [-0.39, 0.29) is 12.5 Å². The predicted molar refractivity (Wildman–Crippen MR) is 69.7 cm³/mol. The molecule has 4 heteroatoms. The van der Waals surface area contributed by atoms with Crippen LogP contribution >= 0.6 is 0 Å². The van der Waals surface area contributed by atoms with Gasteiger partial charge in [0.05, 0.1) is 17.8 Å². The first-order chi connectivity index (χ1) is 8.74. The number of hydrogen-bond acceptors (Lipinski definition) is 3. The topological polar surface area (TPSA) is 62.2 Å². The van der Waals surface area contributed by atoms with Crippen LogP contribution in [0.15, 0.2) is 30.5 Å².